The van der Waals surface area contributed by atoms with Gasteiger partial charge in [0.1, 0.15) is 16.9 Å². The average molecular weight is 337 g/mol. The van der Waals surface area contributed by atoms with Crippen molar-refractivity contribution < 1.29 is 19.2 Å². The van der Waals surface area contributed by atoms with Gasteiger partial charge in [0.2, 0.25) is 0 Å². The number of ketones is 1. The van der Waals surface area contributed by atoms with Gasteiger partial charge >= 0.3 is 5.63 Å². The summed E-state index contributed by atoms with van der Waals surface area (Å²) in [5.74, 6) is -1.17. The Labute approximate surface area is 140 Å². The van der Waals surface area contributed by atoms with Crippen LogP contribution in [0.5, 0.6) is 5.75 Å². The summed E-state index contributed by atoms with van der Waals surface area (Å²) in [5, 5.41) is 21.1. The second-order valence-electron chi connectivity index (χ2n) is 5.16. The third-order valence-electron chi connectivity index (χ3n) is 3.56. The predicted octanol–water partition coefficient (Wildman–Crippen LogP) is 3.30. The van der Waals surface area contributed by atoms with Crippen LogP contribution in [0, 0.1) is 10.1 Å². The van der Waals surface area contributed by atoms with Gasteiger partial charge in [-0.3, -0.25) is 14.9 Å². The first-order valence-corrected chi connectivity index (χ1v) is 7.19. The zero-order valence-corrected chi connectivity index (χ0v) is 12.7. The lowest BCUT2D eigenvalue weighted by Crippen LogP contribution is -2.12. The molecule has 3 rings (SSSR count). The highest BCUT2D eigenvalue weighted by atomic mass is 16.6. The van der Waals surface area contributed by atoms with Crippen molar-refractivity contribution in [1.82, 2.24) is 0 Å². The van der Waals surface area contributed by atoms with Gasteiger partial charge in [0, 0.05) is 12.1 Å². The zero-order valence-electron chi connectivity index (χ0n) is 12.7. The van der Waals surface area contributed by atoms with Crippen LogP contribution in [0.1, 0.15) is 15.9 Å². The second-order valence-corrected chi connectivity index (χ2v) is 5.16. The van der Waals surface area contributed by atoms with E-state index in [0.29, 0.717) is 5.56 Å². The molecule has 0 spiro atoms. The molecule has 0 amide bonds. The van der Waals surface area contributed by atoms with Crippen LogP contribution in [-0.2, 0) is 0 Å². The number of benzene rings is 2. The van der Waals surface area contributed by atoms with Crippen molar-refractivity contribution >= 4 is 28.5 Å². The van der Waals surface area contributed by atoms with Gasteiger partial charge in [0.05, 0.1) is 10.3 Å². The monoisotopic (exact) mass is 337 g/mol. The van der Waals surface area contributed by atoms with Crippen LogP contribution in [0.15, 0.2) is 63.8 Å². The molecule has 7 heteroatoms. The number of non-ortho nitro benzene ring substituents is 1. The van der Waals surface area contributed by atoms with Crippen LogP contribution in [0.2, 0.25) is 0 Å². The number of carbonyl (C=O) groups excluding carboxylic acids is 1. The van der Waals surface area contributed by atoms with E-state index in [4.69, 9.17) is 4.42 Å². The van der Waals surface area contributed by atoms with E-state index in [9.17, 15) is 24.8 Å². The fraction of sp³-hybridized carbons (Fsp3) is 0. The molecule has 3 aromatic rings. The van der Waals surface area contributed by atoms with Crippen molar-refractivity contribution in [2.24, 2.45) is 0 Å². The zero-order chi connectivity index (χ0) is 18.0. The minimum absolute atomic E-state index is 0.0729. The third kappa shape index (κ3) is 3.16. The molecular weight excluding hydrogens is 326 g/mol. The molecule has 0 bridgehead atoms. The first-order valence-electron chi connectivity index (χ1n) is 7.19. The molecule has 2 aromatic carbocycles. The van der Waals surface area contributed by atoms with Gasteiger partial charge in [-0.2, -0.15) is 0 Å². The number of rotatable bonds is 4. The maximum absolute atomic E-state index is 12.3. The van der Waals surface area contributed by atoms with E-state index in [-0.39, 0.29) is 16.7 Å². The van der Waals surface area contributed by atoms with Crippen molar-refractivity contribution in [2.75, 3.05) is 0 Å². The minimum atomic E-state index is -0.936. The highest BCUT2D eigenvalue weighted by molar-refractivity contribution is 6.10. The molecule has 7 nitrogen and oxygen atoms in total. The standard InChI is InChI=1S/C18H11NO6/c20-14(10-7-11-5-8-12(9-6-11)19(23)24)16-17(21)13-3-1-2-4-15(13)25-18(16)22/h1-10,21H. The molecule has 0 fully saturated rings. The molecule has 0 aliphatic heterocycles. The maximum Gasteiger partial charge on any atom is 0.351 e. The Morgan fingerprint density at radius 1 is 1.12 bits per heavy atom. The molecule has 0 saturated heterocycles. The Morgan fingerprint density at radius 3 is 2.48 bits per heavy atom. The van der Waals surface area contributed by atoms with Gasteiger partial charge in [0.15, 0.2) is 5.78 Å². The van der Waals surface area contributed by atoms with Gasteiger partial charge < -0.3 is 9.52 Å². The van der Waals surface area contributed by atoms with E-state index in [1.54, 1.807) is 12.1 Å². The molecule has 1 heterocycles. The number of nitro groups is 1. The molecule has 124 valence electrons. The summed E-state index contributed by atoms with van der Waals surface area (Å²) in [6, 6.07) is 11.8. The smallest absolute Gasteiger partial charge is 0.351 e. The van der Waals surface area contributed by atoms with Gasteiger partial charge in [-0.05, 0) is 35.9 Å². The van der Waals surface area contributed by atoms with Gasteiger partial charge in [-0.25, -0.2) is 4.79 Å². The fourth-order valence-electron chi connectivity index (χ4n) is 2.31. The fourth-order valence-corrected chi connectivity index (χ4v) is 2.31. The molecule has 0 unspecified atom stereocenters. The Hall–Kier alpha value is -3.74. The highest BCUT2D eigenvalue weighted by Gasteiger charge is 2.18. The summed E-state index contributed by atoms with van der Waals surface area (Å²) in [6.45, 7) is 0. The van der Waals surface area contributed by atoms with E-state index >= 15 is 0 Å². The summed E-state index contributed by atoms with van der Waals surface area (Å²) < 4.78 is 5.04. The summed E-state index contributed by atoms with van der Waals surface area (Å²) in [4.78, 5) is 34.3. The van der Waals surface area contributed by atoms with Crippen LogP contribution in [0.25, 0.3) is 17.0 Å². The number of nitrogens with zero attached hydrogens (tertiary/aromatic N) is 1. The van der Waals surface area contributed by atoms with E-state index < -0.39 is 27.6 Å². The molecule has 0 aliphatic carbocycles. The summed E-state index contributed by atoms with van der Waals surface area (Å²) in [7, 11) is 0. The lowest BCUT2D eigenvalue weighted by atomic mass is 10.1. The molecule has 0 radical (unpaired) electrons. The van der Waals surface area contributed by atoms with Crippen molar-refractivity contribution in [3.63, 3.8) is 0 Å². The molecule has 0 atom stereocenters. The lowest BCUT2D eigenvalue weighted by molar-refractivity contribution is -0.384. The quantitative estimate of drug-likeness (QED) is 0.257. The Morgan fingerprint density at radius 2 is 1.80 bits per heavy atom. The number of fused-ring (bicyclic) bond motifs is 1. The van der Waals surface area contributed by atoms with Crippen LogP contribution in [0.3, 0.4) is 0 Å². The molecule has 0 aliphatic rings. The first-order chi connectivity index (χ1) is 12.0. The summed E-state index contributed by atoms with van der Waals surface area (Å²) in [6.07, 6.45) is 2.49. The predicted molar refractivity (Wildman–Crippen MR) is 90.6 cm³/mol. The van der Waals surface area contributed by atoms with E-state index in [2.05, 4.69) is 0 Å². The third-order valence-corrected chi connectivity index (χ3v) is 3.56. The Balaban J connectivity index is 1.94. The van der Waals surface area contributed by atoms with E-state index in [0.717, 1.165) is 6.08 Å². The Bertz CT molecular complexity index is 1060. The molecule has 1 aromatic heterocycles. The topological polar surface area (TPSA) is 111 Å². The maximum atomic E-state index is 12.3. The van der Waals surface area contributed by atoms with E-state index in [1.807, 2.05) is 0 Å². The Kier molecular flexibility index (Phi) is 4.13. The normalized spacial score (nSPS) is 11.0. The van der Waals surface area contributed by atoms with Crippen LogP contribution >= 0.6 is 0 Å². The lowest BCUT2D eigenvalue weighted by Gasteiger charge is -2.03. The molecule has 0 saturated carbocycles. The SMILES string of the molecule is O=C(C=Cc1ccc([N+](=O)[O-])cc1)c1c(O)c2ccccc2oc1=O. The summed E-state index contributed by atoms with van der Waals surface area (Å²) in [5.41, 5.74) is -0.757. The highest BCUT2D eigenvalue weighted by Crippen LogP contribution is 2.26. The first kappa shape index (κ1) is 16.1. The number of para-hydroxylation sites is 1. The van der Waals surface area contributed by atoms with Crippen LogP contribution < -0.4 is 5.63 Å². The number of hydrogen-bond donors (Lipinski definition) is 1. The van der Waals surface area contributed by atoms with Gasteiger partial charge in [0.25, 0.3) is 5.69 Å². The minimum Gasteiger partial charge on any atom is -0.506 e. The largest absolute Gasteiger partial charge is 0.506 e. The molecule has 1 N–H and O–H groups in total. The van der Waals surface area contributed by atoms with Gasteiger partial charge in [-0.1, -0.05) is 18.2 Å². The second kappa shape index (κ2) is 6.40. The number of nitro benzene ring substituents is 1. The number of allylic oxidation sites excluding steroid dienone is 1. The van der Waals surface area contributed by atoms with E-state index in [1.165, 1.54) is 42.5 Å². The molecular formula is C18H11NO6. The van der Waals surface area contributed by atoms with Crippen LogP contribution in [-0.4, -0.2) is 15.8 Å². The number of aromatic hydroxyl groups is 1. The number of hydrogen-bond acceptors (Lipinski definition) is 6. The van der Waals surface area contributed by atoms with Crippen molar-refractivity contribution in [2.45, 2.75) is 0 Å². The average Bonchev–Trinajstić information content (AvgIpc) is 2.60. The van der Waals surface area contributed by atoms with Crippen molar-refractivity contribution in [3.8, 4) is 5.75 Å². The molecule has 25 heavy (non-hydrogen) atoms. The van der Waals surface area contributed by atoms with Crippen LogP contribution in [0.4, 0.5) is 5.69 Å². The van der Waals surface area contributed by atoms with Crippen molar-refractivity contribution in [1.29, 1.82) is 0 Å². The van der Waals surface area contributed by atoms with Gasteiger partial charge in [-0.15, -0.1) is 0 Å². The van der Waals surface area contributed by atoms with Crippen molar-refractivity contribution in [3.05, 3.63) is 86.3 Å². The number of carbonyl (C=O) groups is 1. The summed E-state index contributed by atoms with van der Waals surface area (Å²) >= 11 is 0.